The van der Waals surface area contributed by atoms with Crippen LogP contribution in [0.2, 0.25) is 0 Å². The summed E-state index contributed by atoms with van der Waals surface area (Å²) in [7, 11) is -6.00. The van der Waals surface area contributed by atoms with Crippen molar-refractivity contribution < 1.29 is 23.0 Å². The molecule has 12 heavy (non-hydrogen) atoms. The van der Waals surface area contributed by atoms with E-state index in [1.807, 2.05) is 0 Å². The zero-order chi connectivity index (χ0) is 10.0. The smallest absolute Gasteiger partial charge is 0.418 e. The molecule has 1 nitrogen and oxygen atoms in total. The Kier molecular flexibility index (Phi) is 10.5. The molecule has 0 heterocycles. The van der Waals surface area contributed by atoms with Gasteiger partial charge in [0, 0.05) is 0 Å². The highest BCUT2D eigenvalue weighted by Gasteiger charge is 2.20. The van der Waals surface area contributed by atoms with Gasteiger partial charge in [0.05, 0.1) is 6.54 Å². The summed E-state index contributed by atoms with van der Waals surface area (Å²) in [6, 6.07) is 0. The monoisotopic (exact) mass is 189 g/mol. The van der Waals surface area contributed by atoms with E-state index in [0.717, 1.165) is 6.54 Å². The third kappa shape index (κ3) is 53.1. The summed E-state index contributed by atoms with van der Waals surface area (Å²) in [5.41, 5.74) is 3.76. The molecule has 0 bridgehead atoms. The lowest BCUT2D eigenvalue weighted by Crippen LogP contribution is -2.50. The predicted octanol–water partition coefficient (Wildman–Crippen LogP) is 2.11. The van der Waals surface area contributed by atoms with Gasteiger partial charge in [-0.25, -0.2) is 0 Å². The van der Waals surface area contributed by atoms with Crippen LogP contribution in [0.3, 0.4) is 0 Å². The van der Waals surface area contributed by atoms with Crippen LogP contribution in [0.5, 0.6) is 0 Å². The van der Waals surface area contributed by atoms with Crippen LogP contribution in [0.1, 0.15) is 32.6 Å². The van der Waals surface area contributed by atoms with Crippen molar-refractivity contribution >= 4 is 7.25 Å². The highest BCUT2D eigenvalue weighted by atomic mass is 19.5. The molecule has 0 spiro atoms. The highest BCUT2D eigenvalue weighted by molar-refractivity contribution is 6.50. The molecular formula is C6H16BF4N. The van der Waals surface area contributed by atoms with Gasteiger partial charge in [0.25, 0.3) is 0 Å². The normalized spacial score (nSPS) is 10.5. The Morgan fingerprint density at radius 1 is 1.00 bits per heavy atom. The second-order valence-corrected chi connectivity index (χ2v) is 2.41. The molecule has 0 aromatic rings. The van der Waals surface area contributed by atoms with Crippen molar-refractivity contribution in [3.63, 3.8) is 0 Å². The van der Waals surface area contributed by atoms with Gasteiger partial charge in [-0.1, -0.05) is 19.8 Å². The van der Waals surface area contributed by atoms with Crippen LogP contribution in [-0.2, 0) is 0 Å². The second kappa shape index (κ2) is 8.84. The summed E-state index contributed by atoms with van der Waals surface area (Å²) < 4.78 is 39.0. The summed E-state index contributed by atoms with van der Waals surface area (Å²) in [6.07, 6.45) is 5.41. The van der Waals surface area contributed by atoms with E-state index in [2.05, 4.69) is 12.7 Å². The number of hydrogen-bond acceptors (Lipinski definition) is 0. The van der Waals surface area contributed by atoms with E-state index in [1.165, 1.54) is 25.7 Å². The Balaban J connectivity index is 0. The molecule has 0 fully saturated rings. The van der Waals surface area contributed by atoms with E-state index >= 15 is 0 Å². The first-order valence-corrected chi connectivity index (χ1v) is 4.08. The fourth-order valence-electron chi connectivity index (χ4n) is 0.604. The largest absolute Gasteiger partial charge is 0.673 e. The summed E-state index contributed by atoms with van der Waals surface area (Å²) in [5, 5.41) is 0. The Morgan fingerprint density at radius 2 is 1.42 bits per heavy atom. The molecule has 0 atom stereocenters. The van der Waals surface area contributed by atoms with Crippen molar-refractivity contribution in [2.24, 2.45) is 0 Å². The molecule has 0 radical (unpaired) electrons. The highest BCUT2D eigenvalue weighted by Crippen LogP contribution is 2.06. The lowest BCUT2D eigenvalue weighted by Gasteiger charge is -1.94. The minimum Gasteiger partial charge on any atom is -0.418 e. The summed E-state index contributed by atoms with van der Waals surface area (Å²) in [5.74, 6) is 0. The van der Waals surface area contributed by atoms with Gasteiger partial charge >= 0.3 is 7.25 Å². The average Bonchev–Trinajstić information content (AvgIpc) is 1.85. The maximum Gasteiger partial charge on any atom is 0.673 e. The predicted molar refractivity (Wildman–Crippen MR) is 42.1 cm³/mol. The van der Waals surface area contributed by atoms with E-state index in [9.17, 15) is 17.3 Å². The molecule has 0 aromatic heterocycles. The van der Waals surface area contributed by atoms with Crippen LogP contribution in [0, 0.1) is 0 Å². The molecule has 0 saturated carbocycles. The van der Waals surface area contributed by atoms with Crippen molar-refractivity contribution in [3.05, 3.63) is 0 Å². The Hall–Kier alpha value is -0.255. The molecule has 0 aliphatic heterocycles. The summed E-state index contributed by atoms with van der Waals surface area (Å²) >= 11 is 0. The Morgan fingerprint density at radius 3 is 1.67 bits per heavy atom. The summed E-state index contributed by atoms with van der Waals surface area (Å²) in [4.78, 5) is 0. The van der Waals surface area contributed by atoms with Crippen LogP contribution >= 0.6 is 0 Å². The molecule has 6 heteroatoms. The SMILES string of the molecule is CCCCCC[NH3+].F[B-](F)(F)F. The van der Waals surface area contributed by atoms with Crippen molar-refractivity contribution in [3.8, 4) is 0 Å². The number of quaternary nitrogens is 1. The van der Waals surface area contributed by atoms with Gasteiger partial charge in [-0.2, -0.15) is 0 Å². The fourth-order valence-corrected chi connectivity index (χ4v) is 0.604. The second-order valence-electron chi connectivity index (χ2n) is 2.41. The van der Waals surface area contributed by atoms with Gasteiger partial charge in [0.15, 0.2) is 0 Å². The molecule has 3 N–H and O–H groups in total. The van der Waals surface area contributed by atoms with E-state index in [4.69, 9.17) is 0 Å². The maximum absolute atomic E-state index is 9.75. The van der Waals surface area contributed by atoms with E-state index in [1.54, 1.807) is 0 Å². The topological polar surface area (TPSA) is 27.6 Å². The molecule has 0 rings (SSSR count). The van der Waals surface area contributed by atoms with Crippen LogP contribution in [0.15, 0.2) is 0 Å². The maximum atomic E-state index is 9.75. The molecule has 0 aromatic carbocycles. The molecule has 0 unspecified atom stereocenters. The third-order valence-corrected chi connectivity index (χ3v) is 1.10. The lowest BCUT2D eigenvalue weighted by molar-refractivity contribution is -0.368. The van der Waals surface area contributed by atoms with Gasteiger partial charge in [0.2, 0.25) is 0 Å². The Bertz CT molecular complexity index is 76.1. The third-order valence-electron chi connectivity index (χ3n) is 1.10. The average molecular weight is 189 g/mol. The quantitative estimate of drug-likeness (QED) is 0.398. The van der Waals surface area contributed by atoms with E-state index < -0.39 is 7.25 Å². The molecule has 0 saturated heterocycles. The number of unbranched alkanes of at least 4 members (excludes halogenated alkanes) is 3. The van der Waals surface area contributed by atoms with Crippen LogP contribution in [0.4, 0.5) is 17.3 Å². The van der Waals surface area contributed by atoms with Gasteiger partial charge in [-0.15, -0.1) is 0 Å². The van der Waals surface area contributed by atoms with Crippen molar-refractivity contribution in [2.75, 3.05) is 6.54 Å². The zero-order valence-corrected chi connectivity index (χ0v) is 7.33. The molecule has 0 aliphatic rings. The molecule has 76 valence electrons. The van der Waals surface area contributed by atoms with E-state index in [0.29, 0.717) is 0 Å². The van der Waals surface area contributed by atoms with Gasteiger partial charge in [0.1, 0.15) is 0 Å². The van der Waals surface area contributed by atoms with Gasteiger partial charge in [-0.05, 0) is 12.8 Å². The summed E-state index contributed by atoms with van der Waals surface area (Å²) in [6.45, 7) is 3.34. The first-order chi connectivity index (χ1) is 5.41. The minimum absolute atomic E-state index is 1.11. The van der Waals surface area contributed by atoms with Crippen molar-refractivity contribution in [1.29, 1.82) is 0 Å². The van der Waals surface area contributed by atoms with Gasteiger partial charge < -0.3 is 23.0 Å². The lowest BCUT2D eigenvalue weighted by atomic mass is 10.2. The first kappa shape index (κ1) is 14.3. The van der Waals surface area contributed by atoms with Crippen LogP contribution in [-0.4, -0.2) is 13.8 Å². The molecular weight excluding hydrogens is 173 g/mol. The standard InChI is InChI=1S/C6H15N.BF4/c1-2-3-4-5-6-7;2-1(3,4)5/h2-7H2,1H3;/q;-1/p+1. The zero-order valence-electron chi connectivity index (χ0n) is 7.33. The first-order valence-electron chi connectivity index (χ1n) is 4.08. The van der Waals surface area contributed by atoms with Gasteiger partial charge in [-0.3, -0.25) is 0 Å². The minimum atomic E-state index is -6.00. The molecule has 0 amide bonds. The van der Waals surface area contributed by atoms with E-state index in [-0.39, 0.29) is 0 Å². The van der Waals surface area contributed by atoms with Crippen LogP contribution < -0.4 is 5.73 Å². The Labute approximate surface area is 70.4 Å². The fraction of sp³-hybridized carbons (Fsp3) is 1.00. The number of hydrogen-bond donors (Lipinski definition) is 1. The molecule has 0 aliphatic carbocycles. The van der Waals surface area contributed by atoms with Crippen LogP contribution in [0.25, 0.3) is 0 Å². The number of rotatable bonds is 4. The van der Waals surface area contributed by atoms with Crippen molar-refractivity contribution in [1.82, 2.24) is 0 Å². The number of halogens is 4. The van der Waals surface area contributed by atoms with Crippen molar-refractivity contribution in [2.45, 2.75) is 32.6 Å².